The largest absolute Gasteiger partial charge is 0.411 e. The van der Waals surface area contributed by atoms with Crippen molar-refractivity contribution in [2.75, 3.05) is 20.2 Å². The van der Waals surface area contributed by atoms with Crippen LogP contribution in [0, 0.1) is 0 Å². The fourth-order valence-corrected chi connectivity index (χ4v) is 2.49. The van der Waals surface area contributed by atoms with E-state index in [4.69, 9.17) is 4.52 Å². The zero-order chi connectivity index (χ0) is 22.0. The van der Waals surface area contributed by atoms with E-state index in [2.05, 4.69) is 30.5 Å². The van der Waals surface area contributed by atoms with E-state index in [1.165, 1.54) is 0 Å². The second kappa shape index (κ2) is 11.5. The molecular formula is C20H28F3N5O2. The molecule has 0 aliphatic carbocycles. The molecule has 0 radical (unpaired) electrons. The fourth-order valence-electron chi connectivity index (χ4n) is 2.49. The first-order valence-corrected chi connectivity index (χ1v) is 9.76. The van der Waals surface area contributed by atoms with Crippen LogP contribution in [-0.4, -0.2) is 42.5 Å². The van der Waals surface area contributed by atoms with Gasteiger partial charge >= 0.3 is 6.18 Å². The zero-order valence-corrected chi connectivity index (χ0v) is 17.4. The molecule has 0 spiro atoms. The van der Waals surface area contributed by atoms with Crippen LogP contribution < -0.4 is 10.6 Å². The SMILES string of the molecule is CN=C(NCCCc1nc(C(C)C)no1)NCc1ccc(COCC(F)(F)F)cc1. The number of hydrogen-bond donors (Lipinski definition) is 2. The Morgan fingerprint density at radius 1 is 1.17 bits per heavy atom. The molecule has 0 saturated carbocycles. The summed E-state index contributed by atoms with van der Waals surface area (Å²) in [5, 5.41) is 10.4. The van der Waals surface area contributed by atoms with Gasteiger partial charge in [0.2, 0.25) is 5.89 Å². The molecule has 0 fully saturated rings. The summed E-state index contributed by atoms with van der Waals surface area (Å²) in [6.45, 7) is 3.93. The number of halogens is 3. The smallest absolute Gasteiger partial charge is 0.367 e. The molecule has 1 aromatic heterocycles. The van der Waals surface area contributed by atoms with Gasteiger partial charge in [0.25, 0.3) is 0 Å². The van der Waals surface area contributed by atoms with Crippen LogP contribution in [0.2, 0.25) is 0 Å². The highest BCUT2D eigenvalue weighted by atomic mass is 19.4. The lowest BCUT2D eigenvalue weighted by Gasteiger charge is -2.12. The van der Waals surface area contributed by atoms with Crippen molar-refractivity contribution in [2.24, 2.45) is 4.99 Å². The fraction of sp³-hybridized carbons (Fsp3) is 0.550. The number of ether oxygens (including phenoxy) is 1. The Kier molecular flexibility index (Phi) is 9.10. The van der Waals surface area contributed by atoms with Crippen LogP contribution in [0.3, 0.4) is 0 Å². The molecule has 0 aliphatic rings. The summed E-state index contributed by atoms with van der Waals surface area (Å²) in [5.74, 6) is 2.24. The van der Waals surface area contributed by atoms with Crippen LogP contribution in [0.25, 0.3) is 0 Å². The summed E-state index contributed by atoms with van der Waals surface area (Å²) >= 11 is 0. The van der Waals surface area contributed by atoms with Crippen molar-refractivity contribution in [1.82, 2.24) is 20.8 Å². The van der Waals surface area contributed by atoms with Gasteiger partial charge in [0.15, 0.2) is 11.8 Å². The Labute approximate surface area is 174 Å². The van der Waals surface area contributed by atoms with Gasteiger partial charge in [-0.3, -0.25) is 4.99 Å². The molecule has 2 aromatic rings. The van der Waals surface area contributed by atoms with E-state index in [1.807, 2.05) is 26.0 Å². The number of alkyl halides is 3. The van der Waals surface area contributed by atoms with Crippen molar-refractivity contribution < 1.29 is 22.4 Å². The van der Waals surface area contributed by atoms with Crippen molar-refractivity contribution in [3.05, 3.63) is 47.1 Å². The number of benzene rings is 1. The van der Waals surface area contributed by atoms with Gasteiger partial charge in [-0.15, -0.1) is 0 Å². The normalized spacial score (nSPS) is 12.4. The molecule has 2 rings (SSSR count). The molecule has 7 nitrogen and oxygen atoms in total. The van der Waals surface area contributed by atoms with E-state index < -0.39 is 12.8 Å². The number of aromatic nitrogens is 2. The lowest BCUT2D eigenvalue weighted by Crippen LogP contribution is -2.37. The van der Waals surface area contributed by atoms with E-state index in [-0.39, 0.29) is 12.5 Å². The summed E-state index contributed by atoms with van der Waals surface area (Å²) in [6.07, 6.45) is -2.82. The second-order valence-electron chi connectivity index (χ2n) is 7.08. The summed E-state index contributed by atoms with van der Waals surface area (Å²) in [4.78, 5) is 8.52. The van der Waals surface area contributed by atoms with Crippen molar-refractivity contribution >= 4 is 5.96 Å². The third kappa shape index (κ3) is 8.81. The van der Waals surface area contributed by atoms with E-state index in [1.54, 1.807) is 19.2 Å². The van der Waals surface area contributed by atoms with Gasteiger partial charge in [-0.05, 0) is 17.5 Å². The molecule has 166 valence electrons. The van der Waals surface area contributed by atoms with Crippen LogP contribution in [0.5, 0.6) is 0 Å². The number of hydrogen-bond acceptors (Lipinski definition) is 5. The van der Waals surface area contributed by atoms with Gasteiger partial charge in [-0.25, -0.2) is 0 Å². The van der Waals surface area contributed by atoms with E-state index in [0.717, 1.165) is 12.0 Å². The summed E-state index contributed by atoms with van der Waals surface area (Å²) in [7, 11) is 1.68. The minimum absolute atomic E-state index is 0.0743. The molecule has 0 amide bonds. The number of nitrogens with zero attached hydrogens (tertiary/aromatic N) is 3. The van der Waals surface area contributed by atoms with Gasteiger partial charge in [0, 0.05) is 32.5 Å². The molecule has 2 N–H and O–H groups in total. The third-order valence-electron chi connectivity index (χ3n) is 4.10. The monoisotopic (exact) mass is 427 g/mol. The lowest BCUT2D eigenvalue weighted by atomic mass is 10.1. The Balaban J connectivity index is 1.67. The maximum Gasteiger partial charge on any atom is 0.411 e. The van der Waals surface area contributed by atoms with Gasteiger partial charge in [0.05, 0.1) is 6.61 Å². The minimum atomic E-state index is -4.31. The Hall–Kier alpha value is -2.62. The first kappa shape index (κ1) is 23.7. The molecule has 1 heterocycles. The van der Waals surface area contributed by atoms with Crippen LogP contribution in [-0.2, 0) is 24.3 Å². The molecular weight excluding hydrogens is 399 g/mol. The Bertz CT molecular complexity index is 788. The average Bonchev–Trinajstić information content (AvgIpc) is 3.17. The molecule has 30 heavy (non-hydrogen) atoms. The summed E-state index contributed by atoms with van der Waals surface area (Å²) < 4.78 is 46.2. The van der Waals surface area contributed by atoms with Crippen LogP contribution in [0.15, 0.2) is 33.8 Å². The first-order valence-electron chi connectivity index (χ1n) is 9.76. The van der Waals surface area contributed by atoms with Crippen molar-refractivity contribution in [3.63, 3.8) is 0 Å². The minimum Gasteiger partial charge on any atom is -0.367 e. The lowest BCUT2D eigenvalue weighted by molar-refractivity contribution is -0.176. The van der Waals surface area contributed by atoms with Crippen molar-refractivity contribution in [3.8, 4) is 0 Å². The zero-order valence-electron chi connectivity index (χ0n) is 17.4. The highest BCUT2D eigenvalue weighted by Crippen LogP contribution is 2.16. The van der Waals surface area contributed by atoms with Crippen molar-refractivity contribution in [2.45, 2.75) is 51.9 Å². The van der Waals surface area contributed by atoms with Crippen LogP contribution in [0.4, 0.5) is 13.2 Å². The predicted molar refractivity (Wildman–Crippen MR) is 107 cm³/mol. The first-order chi connectivity index (χ1) is 14.3. The van der Waals surface area contributed by atoms with E-state index in [9.17, 15) is 13.2 Å². The highest BCUT2D eigenvalue weighted by molar-refractivity contribution is 5.79. The molecule has 0 saturated heterocycles. The van der Waals surface area contributed by atoms with Gasteiger partial charge in [-0.1, -0.05) is 43.3 Å². The molecule has 10 heteroatoms. The number of nitrogens with one attached hydrogen (secondary N) is 2. The van der Waals surface area contributed by atoms with Crippen molar-refractivity contribution in [1.29, 1.82) is 0 Å². The summed E-state index contributed by atoms with van der Waals surface area (Å²) in [5.41, 5.74) is 1.66. The van der Waals surface area contributed by atoms with Crippen LogP contribution in [0.1, 0.15) is 49.0 Å². The van der Waals surface area contributed by atoms with E-state index >= 15 is 0 Å². The Morgan fingerprint density at radius 2 is 1.87 bits per heavy atom. The molecule has 0 atom stereocenters. The maximum absolute atomic E-state index is 12.1. The molecule has 0 aliphatic heterocycles. The summed E-state index contributed by atoms with van der Waals surface area (Å²) in [6, 6.07) is 7.18. The number of aliphatic imine (C=N–C) groups is 1. The molecule has 0 bridgehead atoms. The predicted octanol–water partition coefficient (Wildman–Crippen LogP) is 3.57. The number of rotatable bonds is 10. The van der Waals surface area contributed by atoms with Crippen LogP contribution >= 0.6 is 0 Å². The van der Waals surface area contributed by atoms with E-state index in [0.29, 0.717) is 42.7 Å². The Morgan fingerprint density at radius 3 is 2.47 bits per heavy atom. The average molecular weight is 427 g/mol. The third-order valence-corrected chi connectivity index (χ3v) is 4.10. The number of guanidine groups is 1. The quantitative estimate of drug-likeness (QED) is 0.343. The standard InChI is InChI=1S/C20H28F3N5O2/c1-14(2)18-27-17(30-28-18)5-4-10-25-19(24-3)26-11-15-6-8-16(9-7-15)12-29-13-20(21,22)23/h6-9,14H,4-5,10-13H2,1-3H3,(H2,24,25,26). The van der Waals surface area contributed by atoms with Gasteiger partial charge in [-0.2, -0.15) is 18.2 Å². The molecule has 1 aromatic carbocycles. The van der Waals surface area contributed by atoms with Gasteiger partial charge in [0.1, 0.15) is 6.61 Å². The highest BCUT2D eigenvalue weighted by Gasteiger charge is 2.27. The topological polar surface area (TPSA) is 84.6 Å². The second-order valence-corrected chi connectivity index (χ2v) is 7.08. The number of aryl methyl sites for hydroxylation is 1. The van der Waals surface area contributed by atoms with Gasteiger partial charge < -0.3 is 19.9 Å². The maximum atomic E-state index is 12.1. The molecule has 0 unspecified atom stereocenters.